The molecule has 184 valence electrons. The number of benzene rings is 3. The summed E-state index contributed by atoms with van der Waals surface area (Å²) in [5.74, 6) is -0.837. The van der Waals surface area contributed by atoms with Crippen LogP contribution in [0.25, 0.3) is 11.1 Å². The van der Waals surface area contributed by atoms with Crippen molar-refractivity contribution in [3.8, 4) is 16.9 Å². The highest BCUT2D eigenvalue weighted by atomic mass is 19.1. The molecular formula is C30H34FNO3. The lowest BCUT2D eigenvalue weighted by atomic mass is 9.89. The molecule has 0 radical (unpaired) electrons. The molecule has 1 fully saturated rings. The van der Waals surface area contributed by atoms with Crippen LogP contribution in [0.3, 0.4) is 0 Å². The third-order valence-electron chi connectivity index (χ3n) is 6.78. The van der Waals surface area contributed by atoms with Crippen LogP contribution in [0.4, 0.5) is 10.1 Å². The number of nitrogens with zero attached hydrogens (tertiary/aromatic N) is 1. The topological polar surface area (TPSA) is 49.8 Å². The van der Waals surface area contributed by atoms with Crippen molar-refractivity contribution in [1.82, 2.24) is 0 Å². The van der Waals surface area contributed by atoms with Crippen LogP contribution >= 0.6 is 0 Å². The summed E-state index contributed by atoms with van der Waals surface area (Å²) in [6, 6.07) is 19.3. The molecule has 0 saturated heterocycles. The van der Waals surface area contributed by atoms with E-state index in [1.165, 1.54) is 36.5 Å². The van der Waals surface area contributed by atoms with Crippen molar-refractivity contribution in [2.75, 3.05) is 19.1 Å². The molecule has 2 atom stereocenters. The minimum absolute atomic E-state index is 0.207. The number of aliphatic carboxylic acids is 1. The predicted molar refractivity (Wildman–Crippen MR) is 139 cm³/mol. The van der Waals surface area contributed by atoms with Crippen molar-refractivity contribution in [3.63, 3.8) is 0 Å². The fourth-order valence-corrected chi connectivity index (χ4v) is 4.50. The highest BCUT2D eigenvalue weighted by Crippen LogP contribution is 2.39. The molecule has 0 aromatic heterocycles. The van der Waals surface area contributed by atoms with Gasteiger partial charge in [0.1, 0.15) is 11.6 Å². The Morgan fingerprint density at radius 1 is 1.09 bits per heavy atom. The van der Waals surface area contributed by atoms with Crippen LogP contribution in [-0.4, -0.2) is 25.2 Å². The first-order valence-electron chi connectivity index (χ1n) is 12.4. The number of rotatable bonds is 6. The number of methoxy groups -OCH3 is 1. The molecule has 35 heavy (non-hydrogen) atoms. The lowest BCUT2D eigenvalue weighted by Gasteiger charge is -2.37. The second-order valence-corrected chi connectivity index (χ2v) is 9.60. The number of anilines is 1. The van der Waals surface area contributed by atoms with Crippen LogP contribution in [0.15, 0.2) is 60.7 Å². The molecule has 0 amide bonds. The van der Waals surface area contributed by atoms with Crippen molar-refractivity contribution < 1.29 is 19.0 Å². The number of aryl methyl sites for hydroxylation is 1. The monoisotopic (exact) mass is 475 g/mol. The quantitative estimate of drug-likeness (QED) is 0.415. The number of hydrogen-bond acceptors (Lipinski definition) is 3. The highest BCUT2D eigenvalue weighted by molar-refractivity contribution is 5.70. The first-order valence-corrected chi connectivity index (χ1v) is 12.4. The largest absolute Gasteiger partial charge is 0.497 e. The van der Waals surface area contributed by atoms with E-state index in [4.69, 9.17) is 4.74 Å². The van der Waals surface area contributed by atoms with E-state index >= 15 is 0 Å². The van der Waals surface area contributed by atoms with Crippen molar-refractivity contribution in [1.29, 1.82) is 0 Å². The highest BCUT2D eigenvalue weighted by Gasteiger charge is 2.25. The summed E-state index contributed by atoms with van der Waals surface area (Å²) < 4.78 is 19.6. The number of carboxylic acids is 1. The molecule has 2 unspecified atom stereocenters. The van der Waals surface area contributed by atoms with Gasteiger partial charge in [-0.2, -0.15) is 0 Å². The summed E-state index contributed by atoms with van der Waals surface area (Å²) in [6.45, 7) is 1.74. The Labute approximate surface area is 207 Å². The molecule has 0 bridgehead atoms. The Kier molecular flexibility index (Phi) is 7.74. The summed E-state index contributed by atoms with van der Waals surface area (Å²) in [5, 5.41) is 9.23. The van der Waals surface area contributed by atoms with Gasteiger partial charge in [0.15, 0.2) is 0 Å². The second kappa shape index (κ2) is 10.9. The summed E-state index contributed by atoms with van der Waals surface area (Å²) in [6.07, 6.45) is 6.97. The van der Waals surface area contributed by atoms with Gasteiger partial charge in [0.25, 0.3) is 0 Å². The normalized spacial score (nSPS) is 17.0. The Bertz CT molecular complexity index is 1170. The Hall–Kier alpha value is -3.34. The van der Waals surface area contributed by atoms with Gasteiger partial charge in [-0.3, -0.25) is 4.79 Å². The lowest BCUT2D eigenvalue weighted by Crippen LogP contribution is -2.29. The smallest absolute Gasteiger partial charge is 0.306 e. The van der Waals surface area contributed by atoms with Crippen molar-refractivity contribution >= 4 is 11.7 Å². The van der Waals surface area contributed by atoms with Crippen molar-refractivity contribution in [2.24, 2.45) is 5.92 Å². The molecule has 1 aliphatic carbocycles. The Balaban J connectivity index is 0.000000894. The van der Waals surface area contributed by atoms with E-state index in [-0.39, 0.29) is 11.9 Å². The van der Waals surface area contributed by atoms with Gasteiger partial charge in [-0.05, 0) is 65.8 Å². The molecule has 3 aromatic carbocycles. The lowest BCUT2D eigenvalue weighted by molar-refractivity contribution is -0.141. The average Bonchev–Trinajstić information content (AvgIpc) is 3.75. The van der Waals surface area contributed by atoms with Crippen LogP contribution in [0.5, 0.6) is 5.75 Å². The van der Waals surface area contributed by atoms with Gasteiger partial charge in [0, 0.05) is 18.3 Å². The minimum atomic E-state index is -0.776. The average molecular weight is 476 g/mol. The van der Waals surface area contributed by atoms with E-state index in [9.17, 15) is 14.3 Å². The number of ether oxygens (including phenoxy) is 1. The maximum absolute atomic E-state index is 14.4. The van der Waals surface area contributed by atoms with E-state index in [1.807, 2.05) is 18.2 Å². The maximum atomic E-state index is 14.4. The Morgan fingerprint density at radius 2 is 1.80 bits per heavy atom. The minimum Gasteiger partial charge on any atom is -0.497 e. The zero-order chi connectivity index (χ0) is 24.9. The van der Waals surface area contributed by atoms with Gasteiger partial charge in [0.05, 0.1) is 19.1 Å². The van der Waals surface area contributed by atoms with E-state index in [0.717, 1.165) is 29.7 Å². The third-order valence-corrected chi connectivity index (χ3v) is 6.78. The SMILES string of the molecule is C1CC1.COc1ccc(F)c(-c2ccc(C3CCc4ccc(CC(C)C(=O)O)cc4N3C)cc2)c1. The molecule has 1 N–H and O–H groups in total. The number of fused-ring (bicyclic) bond motifs is 1. The molecule has 1 heterocycles. The molecule has 5 heteroatoms. The van der Waals surface area contributed by atoms with E-state index in [2.05, 4.69) is 36.2 Å². The van der Waals surface area contributed by atoms with Gasteiger partial charge < -0.3 is 14.7 Å². The van der Waals surface area contributed by atoms with Crippen molar-refractivity contribution in [3.05, 3.63) is 83.2 Å². The van der Waals surface area contributed by atoms with Crippen LogP contribution < -0.4 is 9.64 Å². The molecule has 1 aliphatic heterocycles. The van der Waals surface area contributed by atoms with E-state index in [1.54, 1.807) is 26.2 Å². The molecule has 3 aromatic rings. The number of carboxylic acid groups (broad SMARTS) is 1. The summed E-state index contributed by atoms with van der Waals surface area (Å²) in [4.78, 5) is 13.5. The number of halogens is 1. The number of carbonyl (C=O) groups is 1. The predicted octanol–water partition coefficient (Wildman–Crippen LogP) is 7.06. The van der Waals surface area contributed by atoms with Crippen molar-refractivity contribution in [2.45, 2.75) is 51.5 Å². The van der Waals surface area contributed by atoms with Crippen LogP contribution in [0.2, 0.25) is 0 Å². The van der Waals surface area contributed by atoms with Gasteiger partial charge in [-0.25, -0.2) is 4.39 Å². The summed E-state index contributed by atoms with van der Waals surface area (Å²) in [7, 11) is 3.66. The third kappa shape index (κ3) is 6.02. The Morgan fingerprint density at radius 3 is 2.43 bits per heavy atom. The van der Waals surface area contributed by atoms with E-state index < -0.39 is 11.9 Å². The molecule has 4 nitrogen and oxygen atoms in total. The van der Waals surface area contributed by atoms with Crippen LogP contribution in [0, 0.1) is 11.7 Å². The molecule has 1 saturated carbocycles. The maximum Gasteiger partial charge on any atom is 0.306 e. The van der Waals surface area contributed by atoms with Gasteiger partial charge >= 0.3 is 5.97 Å². The van der Waals surface area contributed by atoms with Gasteiger partial charge in [0.2, 0.25) is 0 Å². The standard InChI is InChI=1S/C27H28FNO3.C3H6/c1-17(27(30)31)14-18-4-5-21-10-13-25(29(2)26(21)15-18)20-8-6-19(7-9-20)23-16-22(32-3)11-12-24(23)28;1-2-3-1/h4-9,11-12,15-17,25H,10,13-14H2,1-3H3,(H,30,31);1-3H2. The summed E-state index contributed by atoms with van der Waals surface area (Å²) in [5.41, 5.74) is 5.98. The molecule has 2 aliphatic rings. The zero-order valence-electron chi connectivity index (χ0n) is 20.8. The fraction of sp³-hybridized carbons (Fsp3) is 0.367. The second-order valence-electron chi connectivity index (χ2n) is 9.60. The number of hydrogen-bond donors (Lipinski definition) is 1. The zero-order valence-corrected chi connectivity index (χ0v) is 20.8. The molecule has 5 rings (SSSR count). The first kappa shape index (κ1) is 24.8. The first-order chi connectivity index (χ1) is 16.9. The van der Waals surface area contributed by atoms with Crippen LogP contribution in [0.1, 0.15) is 55.3 Å². The van der Waals surface area contributed by atoms with Gasteiger partial charge in [-0.1, -0.05) is 62.6 Å². The van der Waals surface area contributed by atoms with Crippen LogP contribution in [-0.2, 0) is 17.6 Å². The van der Waals surface area contributed by atoms with E-state index in [0.29, 0.717) is 17.7 Å². The molecular weight excluding hydrogens is 441 g/mol. The van der Waals surface area contributed by atoms with Gasteiger partial charge in [-0.15, -0.1) is 0 Å². The summed E-state index contributed by atoms with van der Waals surface area (Å²) >= 11 is 0. The fourth-order valence-electron chi connectivity index (χ4n) is 4.50. The molecule has 0 spiro atoms.